The molecule has 0 N–H and O–H groups in total. The molecule has 1 atom stereocenters. The lowest BCUT2D eigenvalue weighted by Gasteiger charge is -2.30. The normalized spacial score (nSPS) is 14.4. The lowest BCUT2D eigenvalue weighted by molar-refractivity contribution is 0.229. The van der Waals surface area contributed by atoms with Gasteiger partial charge in [-0.1, -0.05) is 65.7 Å². The number of hydrogen-bond donors (Lipinski definition) is 0. The van der Waals surface area contributed by atoms with E-state index in [4.69, 9.17) is 4.74 Å². The molecule has 0 fully saturated rings. The molecule has 0 amide bonds. The fourth-order valence-electron chi connectivity index (χ4n) is 5.32. The van der Waals surface area contributed by atoms with Gasteiger partial charge in [0.15, 0.2) is 6.10 Å². The Morgan fingerprint density at radius 1 is 0.778 bits per heavy atom. The maximum atomic E-state index is 13.8. The Kier molecular flexibility index (Phi) is 4.83. The van der Waals surface area contributed by atoms with Crippen molar-refractivity contribution in [3.63, 3.8) is 0 Å². The van der Waals surface area contributed by atoms with Gasteiger partial charge in [0, 0.05) is 14.1 Å². The first-order chi connectivity index (χ1) is 17.3. The molecule has 0 unspecified atom stereocenters. The molecular weight excluding hydrogens is 450 g/mol. The summed E-state index contributed by atoms with van der Waals surface area (Å²) in [7, 11) is 3.26. The Balaban J connectivity index is 1.87. The average molecular weight is 478 g/mol. The molecule has 0 spiro atoms. The van der Waals surface area contributed by atoms with Crippen LogP contribution in [0, 0.1) is 20.8 Å². The molecule has 3 heterocycles. The summed E-state index contributed by atoms with van der Waals surface area (Å²) in [4.78, 5) is 26.9. The Hall–Kier alpha value is -4.32. The highest BCUT2D eigenvalue weighted by atomic mass is 16.5. The van der Waals surface area contributed by atoms with E-state index in [1.807, 2.05) is 75.4 Å². The second kappa shape index (κ2) is 7.85. The molecule has 5 aromatic rings. The van der Waals surface area contributed by atoms with E-state index in [1.54, 1.807) is 11.6 Å². The molecule has 0 radical (unpaired) electrons. The van der Waals surface area contributed by atoms with Gasteiger partial charge in [-0.2, -0.15) is 0 Å². The van der Waals surface area contributed by atoms with Crippen LogP contribution in [0.4, 0.5) is 0 Å². The topological polar surface area (TPSA) is 58.2 Å². The van der Waals surface area contributed by atoms with Gasteiger partial charge in [-0.3, -0.25) is 13.9 Å². The summed E-state index contributed by atoms with van der Waals surface area (Å²) in [6.45, 7) is 6.12. The monoisotopic (exact) mass is 477 g/mol. The fraction of sp³-hybridized carbons (Fsp3) is 0.200. The van der Waals surface area contributed by atoms with Crippen molar-refractivity contribution in [1.29, 1.82) is 0 Å². The number of aryl methyl sites for hydroxylation is 4. The first-order valence-corrected chi connectivity index (χ1v) is 12.0. The van der Waals surface area contributed by atoms with E-state index in [0.29, 0.717) is 10.9 Å². The molecule has 1 aliphatic heterocycles. The molecule has 0 saturated heterocycles. The molecule has 0 saturated carbocycles. The van der Waals surface area contributed by atoms with Gasteiger partial charge in [0.05, 0.1) is 28.0 Å². The summed E-state index contributed by atoms with van der Waals surface area (Å²) in [5.74, 6) is 0.732. The Labute approximate surface area is 208 Å². The number of ether oxygens (including phenoxy) is 1. The highest BCUT2D eigenvalue weighted by Gasteiger charge is 2.36. The predicted octanol–water partition coefficient (Wildman–Crippen LogP) is 5.10. The summed E-state index contributed by atoms with van der Waals surface area (Å²) in [6.07, 6.45) is -0.500. The molecule has 1 aliphatic rings. The number of aromatic nitrogens is 3. The molecule has 180 valence electrons. The second-order valence-electron chi connectivity index (χ2n) is 9.75. The van der Waals surface area contributed by atoms with Crippen molar-refractivity contribution in [2.75, 3.05) is 0 Å². The Bertz CT molecular complexity index is 1800. The highest BCUT2D eigenvalue weighted by molar-refractivity contribution is 5.98. The minimum atomic E-state index is -0.500. The van der Waals surface area contributed by atoms with Crippen LogP contribution < -0.4 is 16.0 Å². The Morgan fingerprint density at radius 2 is 1.47 bits per heavy atom. The minimum absolute atomic E-state index is 0.317. The van der Waals surface area contributed by atoms with Gasteiger partial charge in [0.1, 0.15) is 5.75 Å². The lowest BCUT2D eigenvalue weighted by Crippen LogP contribution is -2.37. The van der Waals surface area contributed by atoms with E-state index < -0.39 is 6.10 Å². The van der Waals surface area contributed by atoms with Crippen molar-refractivity contribution >= 4 is 10.9 Å². The van der Waals surface area contributed by atoms with E-state index in [9.17, 15) is 9.59 Å². The van der Waals surface area contributed by atoms with E-state index in [2.05, 4.69) is 16.7 Å². The van der Waals surface area contributed by atoms with Gasteiger partial charge < -0.3 is 9.30 Å². The third-order valence-electron chi connectivity index (χ3n) is 7.13. The number of fused-ring (bicyclic) bond motifs is 5. The first-order valence-electron chi connectivity index (χ1n) is 12.0. The molecule has 2 aromatic heterocycles. The van der Waals surface area contributed by atoms with Crippen LogP contribution in [-0.4, -0.2) is 13.7 Å². The van der Waals surface area contributed by atoms with Crippen molar-refractivity contribution in [2.24, 2.45) is 14.1 Å². The summed E-state index contributed by atoms with van der Waals surface area (Å²) in [5, 5.41) is 0.508. The van der Waals surface area contributed by atoms with Crippen molar-refractivity contribution in [2.45, 2.75) is 26.9 Å². The van der Waals surface area contributed by atoms with Crippen LogP contribution in [0.1, 0.15) is 34.1 Å². The van der Waals surface area contributed by atoms with Gasteiger partial charge in [0.2, 0.25) is 0 Å². The van der Waals surface area contributed by atoms with Gasteiger partial charge in [-0.15, -0.1) is 0 Å². The molecule has 6 rings (SSSR count). The first kappa shape index (κ1) is 22.2. The lowest BCUT2D eigenvalue weighted by atomic mass is 10.0. The van der Waals surface area contributed by atoms with E-state index in [0.717, 1.165) is 50.6 Å². The molecule has 0 aliphatic carbocycles. The molecule has 6 heteroatoms. The zero-order chi connectivity index (χ0) is 25.3. The quantitative estimate of drug-likeness (QED) is 0.355. The van der Waals surface area contributed by atoms with E-state index in [1.165, 1.54) is 11.6 Å². The van der Waals surface area contributed by atoms with E-state index in [-0.39, 0.29) is 11.2 Å². The maximum Gasteiger partial charge on any atom is 0.331 e. The minimum Gasteiger partial charge on any atom is -0.477 e. The van der Waals surface area contributed by atoms with Crippen molar-refractivity contribution in [3.05, 3.63) is 116 Å². The summed E-state index contributed by atoms with van der Waals surface area (Å²) >= 11 is 0. The van der Waals surface area contributed by atoms with Crippen LogP contribution in [0.2, 0.25) is 0 Å². The third kappa shape index (κ3) is 3.10. The molecule has 36 heavy (non-hydrogen) atoms. The average Bonchev–Trinajstić information content (AvgIpc) is 3.23. The van der Waals surface area contributed by atoms with Crippen LogP contribution in [0.25, 0.3) is 27.8 Å². The Morgan fingerprint density at radius 3 is 2.19 bits per heavy atom. The standard InChI is InChI=1S/C30H27N3O3/c1-17-9-12-20(13-10-17)25-24-26(31(4)30(35)32(5)29(24)34)27-28(21-8-6-7-18(2)15-21)36-23-14-11-19(3)16-22(23)33(25)27/h6-16,28H,1-5H3/t28-/m1/s1. The maximum absolute atomic E-state index is 13.8. The fourth-order valence-corrected chi connectivity index (χ4v) is 5.32. The largest absolute Gasteiger partial charge is 0.477 e. The number of hydrogen-bond acceptors (Lipinski definition) is 3. The predicted molar refractivity (Wildman–Crippen MR) is 142 cm³/mol. The van der Waals surface area contributed by atoms with E-state index >= 15 is 0 Å². The number of nitrogens with zero attached hydrogens (tertiary/aromatic N) is 3. The van der Waals surface area contributed by atoms with Crippen LogP contribution >= 0.6 is 0 Å². The van der Waals surface area contributed by atoms with Crippen LogP contribution in [-0.2, 0) is 14.1 Å². The van der Waals surface area contributed by atoms with Crippen LogP contribution in [0.3, 0.4) is 0 Å². The summed E-state index contributed by atoms with van der Waals surface area (Å²) in [5.41, 5.74) is 7.50. The van der Waals surface area contributed by atoms with Crippen molar-refractivity contribution in [1.82, 2.24) is 13.7 Å². The molecule has 6 nitrogen and oxygen atoms in total. The van der Waals surface area contributed by atoms with Crippen molar-refractivity contribution in [3.8, 4) is 22.7 Å². The van der Waals surface area contributed by atoms with Gasteiger partial charge in [0.25, 0.3) is 5.56 Å². The summed E-state index contributed by atoms with van der Waals surface area (Å²) < 4.78 is 11.5. The van der Waals surface area contributed by atoms with Crippen LogP contribution in [0.5, 0.6) is 5.75 Å². The zero-order valence-electron chi connectivity index (χ0n) is 21.0. The highest BCUT2D eigenvalue weighted by Crippen LogP contribution is 2.46. The number of rotatable bonds is 2. The van der Waals surface area contributed by atoms with Gasteiger partial charge >= 0.3 is 5.69 Å². The van der Waals surface area contributed by atoms with Crippen molar-refractivity contribution < 1.29 is 4.74 Å². The van der Waals surface area contributed by atoms with Gasteiger partial charge in [-0.05, 0) is 49.6 Å². The zero-order valence-corrected chi connectivity index (χ0v) is 21.0. The molecular formula is C30H27N3O3. The third-order valence-corrected chi connectivity index (χ3v) is 7.13. The number of benzene rings is 3. The second-order valence-corrected chi connectivity index (χ2v) is 9.75. The van der Waals surface area contributed by atoms with Gasteiger partial charge in [-0.25, -0.2) is 4.79 Å². The van der Waals surface area contributed by atoms with Crippen LogP contribution in [0.15, 0.2) is 76.3 Å². The molecule has 3 aromatic carbocycles. The molecule has 0 bridgehead atoms. The SMILES string of the molecule is Cc1ccc(-c2c3c(=O)n(C)c(=O)n(C)c3c3n2-c2cc(C)ccc2O[C@@H]3c2cccc(C)c2)cc1. The summed E-state index contributed by atoms with van der Waals surface area (Å²) in [6, 6.07) is 22.4. The smallest absolute Gasteiger partial charge is 0.331 e.